The molecular formula is C15H19FN2O2. The number of benzene rings is 1. The first kappa shape index (κ1) is 13.5. The van der Waals surface area contributed by atoms with Crippen molar-refractivity contribution in [2.45, 2.75) is 32.2 Å². The zero-order valence-electron chi connectivity index (χ0n) is 11.3. The summed E-state index contributed by atoms with van der Waals surface area (Å²) in [5.74, 6) is 1.73. The highest BCUT2D eigenvalue weighted by atomic mass is 19.1. The molecule has 20 heavy (non-hydrogen) atoms. The molecule has 2 aliphatic rings. The topological polar surface area (TPSA) is 55.2 Å². The van der Waals surface area contributed by atoms with Crippen LogP contribution in [0.3, 0.4) is 0 Å². The van der Waals surface area contributed by atoms with Crippen LogP contribution in [-0.2, 0) is 6.54 Å². The number of nitrogens with zero attached hydrogens (tertiary/aromatic N) is 1. The van der Waals surface area contributed by atoms with E-state index < -0.39 is 16.4 Å². The molecule has 5 heteroatoms. The van der Waals surface area contributed by atoms with Crippen LogP contribution >= 0.6 is 0 Å². The lowest BCUT2D eigenvalue weighted by atomic mass is 9.89. The predicted octanol–water partition coefficient (Wildman–Crippen LogP) is 3.26. The van der Waals surface area contributed by atoms with Crippen LogP contribution in [-0.4, -0.2) is 11.5 Å². The second-order valence-corrected chi connectivity index (χ2v) is 6.07. The first-order valence-electron chi connectivity index (χ1n) is 7.27. The highest BCUT2D eigenvalue weighted by Crippen LogP contribution is 2.47. The van der Waals surface area contributed by atoms with Crippen molar-refractivity contribution in [2.24, 2.45) is 17.8 Å². The molecule has 1 aromatic rings. The fourth-order valence-electron chi connectivity index (χ4n) is 3.86. The Morgan fingerprint density at radius 1 is 1.35 bits per heavy atom. The molecule has 1 aromatic carbocycles. The van der Waals surface area contributed by atoms with Gasteiger partial charge in [0.05, 0.1) is 4.92 Å². The number of hydrogen-bond acceptors (Lipinski definition) is 3. The Balaban J connectivity index is 1.56. The molecule has 0 saturated heterocycles. The van der Waals surface area contributed by atoms with Crippen molar-refractivity contribution in [2.75, 3.05) is 6.54 Å². The van der Waals surface area contributed by atoms with Crippen molar-refractivity contribution in [3.8, 4) is 0 Å². The molecule has 3 rings (SSSR count). The molecule has 4 nitrogen and oxygen atoms in total. The minimum absolute atomic E-state index is 0.363. The summed E-state index contributed by atoms with van der Waals surface area (Å²) < 4.78 is 13.9. The smallest absolute Gasteiger partial charge is 0.305 e. The number of halogens is 1. The lowest BCUT2D eigenvalue weighted by Crippen LogP contribution is -2.26. The number of hydrogen-bond donors (Lipinski definition) is 1. The third kappa shape index (κ3) is 2.54. The average Bonchev–Trinajstić information content (AvgIpc) is 3.02. The SMILES string of the molecule is O=[N+]([O-])c1cccc(CNCC2CC3CCC2C3)c1F. The fraction of sp³-hybridized carbons (Fsp3) is 0.600. The molecule has 2 fully saturated rings. The molecule has 2 aliphatic carbocycles. The van der Waals surface area contributed by atoms with Crippen LogP contribution < -0.4 is 5.32 Å². The van der Waals surface area contributed by atoms with E-state index in [1.807, 2.05) is 0 Å². The summed E-state index contributed by atoms with van der Waals surface area (Å²) in [5, 5.41) is 14.0. The highest BCUT2D eigenvalue weighted by molar-refractivity contribution is 5.36. The van der Waals surface area contributed by atoms with Gasteiger partial charge in [-0.2, -0.15) is 4.39 Å². The molecule has 3 unspecified atom stereocenters. The van der Waals surface area contributed by atoms with Crippen molar-refractivity contribution >= 4 is 5.69 Å². The van der Waals surface area contributed by atoms with Gasteiger partial charge in [0.1, 0.15) is 0 Å². The van der Waals surface area contributed by atoms with E-state index in [-0.39, 0.29) is 0 Å². The van der Waals surface area contributed by atoms with Gasteiger partial charge in [-0.15, -0.1) is 0 Å². The van der Waals surface area contributed by atoms with Crippen LogP contribution in [0.15, 0.2) is 18.2 Å². The zero-order chi connectivity index (χ0) is 14.1. The van der Waals surface area contributed by atoms with Gasteiger partial charge in [0.25, 0.3) is 0 Å². The maximum atomic E-state index is 13.9. The number of rotatable bonds is 5. The summed E-state index contributed by atoms with van der Waals surface area (Å²) in [6.07, 6.45) is 5.36. The Morgan fingerprint density at radius 2 is 2.20 bits per heavy atom. The maximum absolute atomic E-state index is 13.9. The molecule has 3 atom stereocenters. The van der Waals surface area contributed by atoms with Gasteiger partial charge in [-0.3, -0.25) is 10.1 Å². The first-order valence-corrected chi connectivity index (χ1v) is 7.27. The maximum Gasteiger partial charge on any atom is 0.305 e. The largest absolute Gasteiger partial charge is 0.312 e. The van der Waals surface area contributed by atoms with Crippen molar-refractivity contribution < 1.29 is 9.31 Å². The standard InChI is InChI=1S/C15H19FN2O2/c16-15-12(2-1-3-14(15)18(19)20)8-17-9-13-7-10-4-5-11(13)6-10/h1-3,10-11,13,17H,4-9H2. The number of nitro benzene ring substituents is 1. The molecule has 0 radical (unpaired) electrons. The van der Waals surface area contributed by atoms with E-state index in [0.717, 1.165) is 18.4 Å². The van der Waals surface area contributed by atoms with Crippen LogP contribution in [0.2, 0.25) is 0 Å². The average molecular weight is 278 g/mol. The Bertz CT molecular complexity index is 521. The van der Waals surface area contributed by atoms with Crippen LogP contribution in [0.1, 0.15) is 31.2 Å². The van der Waals surface area contributed by atoms with Gasteiger partial charge in [0.15, 0.2) is 0 Å². The Morgan fingerprint density at radius 3 is 2.85 bits per heavy atom. The molecule has 1 N–H and O–H groups in total. The summed E-state index contributed by atoms with van der Waals surface area (Å²) in [7, 11) is 0. The van der Waals surface area contributed by atoms with E-state index in [4.69, 9.17) is 0 Å². The predicted molar refractivity (Wildman–Crippen MR) is 73.7 cm³/mol. The summed E-state index contributed by atoms with van der Waals surface area (Å²) in [6.45, 7) is 1.25. The van der Waals surface area contributed by atoms with Crippen LogP contribution in [0, 0.1) is 33.7 Å². The van der Waals surface area contributed by atoms with Crippen LogP contribution in [0.5, 0.6) is 0 Å². The molecule has 2 bridgehead atoms. The van der Waals surface area contributed by atoms with Crippen LogP contribution in [0.25, 0.3) is 0 Å². The first-order chi connectivity index (χ1) is 9.65. The van der Waals surface area contributed by atoms with Gasteiger partial charge in [0.2, 0.25) is 5.82 Å². The van der Waals surface area contributed by atoms with Gasteiger partial charge < -0.3 is 5.32 Å². The Kier molecular flexibility index (Phi) is 3.70. The van der Waals surface area contributed by atoms with Crippen molar-refractivity contribution in [1.82, 2.24) is 5.32 Å². The molecule has 108 valence electrons. The summed E-state index contributed by atoms with van der Waals surface area (Å²) in [4.78, 5) is 10.0. The van der Waals surface area contributed by atoms with Crippen molar-refractivity contribution in [3.63, 3.8) is 0 Å². The zero-order valence-corrected chi connectivity index (χ0v) is 11.3. The highest BCUT2D eigenvalue weighted by Gasteiger charge is 2.38. The second-order valence-electron chi connectivity index (χ2n) is 6.07. The van der Waals surface area contributed by atoms with E-state index in [1.54, 1.807) is 6.07 Å². The van der Waals surface area contributed by atoms with Crippen molar-refractivity contribution in [3.05, 3.63) is 39.7 Å². The summed E-state index contributed by atoms with van der Waals surface area (Å²) >= 11 is 0. The van der Waals surface area contributed by atoms with E-state index >= 15 is 0 Å². The van der Waals surface area contributed by atoms with Crippen molar-refractivity contribution in [1.29, 1.82) is 0 Å². The molecule has 2 saturated carbocycles. The third-order valence-electron chi connectivity index (χ3n) is 4.86. The number of nitrogens with one attached hydrogen (secondary N) is 1. The molecule has 0 amide bonds. The van der Waals surface area contributed by atoms with Gasteiger partial charge in [-0.25, -0.2) is 0 Å². The minimum Gasteiger partial charge on any atom is -0.312 e. The Labute approximate surface area is 117 Å². The lowest BCUT2D eigenvalue weighted by molar-refractivity contribution is -0.387. The molecule has 0 aliphatic heterocycles. The van der Waals surface area contributed by atoms with E-state index in [9.17, 15) is 14.5 Å². The monoisotopic (exact) mass is 278 g/mol. The quantitative estimate of drug-likeness (QED) is 0.664. The lowest BCUT2D eigenvalue weighted by Gasteiger charge is -2.21. The van der Waals surface area contributed by atoms with Gasteiger partial charge in [-0.05, 0) is 43.6 Å². The summed E-state index contributed by atoms with van der Waals surface area (Å²) in [6, 6.07) is 4.35. The van der Waals surface area contributed by atoms with E-state index in [0.29, 0.717) is 18.0 Å². The molecule has 0 aromatic heterocycles. The number of nitro groups is 1. The molecular weight excluding hydrogens is 259 g/mol. The number of fused-ring (bicyclic) bond motifs is 2. The summed E-state index contributed by atoms with van der Waals surface area (Å²) in [5.41, 5.74) is -0.0634. The molecule has 0 heterocycles. The second kappa shape index (κ2) is 5.48. The minimum atomic E-state index is -0.710. The van der Waals surface area contributed by atoms with Gasteiger partial charge >= 0.3 is 5.69 Å². The van der Waals surface area contributed by atoms with Gasteiger partial charge in [-0.1, -0.05) is 18.6 Å². The fourth-order valence-corrected chi connectivity index (χ4v) is 3.86. The van der Waals surface area contributed by atoms with E-state index in [2.05, 4.69) is 5.32 Å². The van der Waals surface area contributed by atoms with Crippen LogP contribution in [0.4, 0.5) is 10.1 Å². The normalized spacial score (nSPS) is 27.9. The Hall–Kier alpha value is -1.49. The van der Waals surface area contributed by atoms with Gasteiger partial charge in [0, 0.05) is 18.2 Å². The third-order valence-corrected chi connectivity index (χ3v) is 4.86. The molecule has 0 spiro atoms. The van der Waals surface area contributed by atoms with E-state index in [1.165, 1.54) is 37.8 Å².